The van der Waals surface area contributed by atoms with Gasteiger partial charge in [0.25, 0.3) is 0 Å². The van der Waals surface area contributed by atoms with Gasteiger partial charge in [-0.2, -0.15) is 16.9 Å². The van der Waals surface area contributed by atoms with Crippen molar-refractivity contribution >= 4 is 23.3 Å². The second-order valence-corrected chi connectivity index (χ2v) is 6.29. The number of hydrogen-bond donors (Lipinski definition) is 1. The van der Waals surface area contributed by atoms with E-state index in [0.717, 1.165) is 26.1 Å². The molecule has 1 aromatic heterocycles. The van der Waals surface area contributed by atoms with Crippen molar-refractivity contribution in [3.8, 4) is 0 Å². The van der Waals surface area contributed by atoms with Crippen LogP contribution < -0.4 is 5.32 Å². The lowest BCUT2D eigenvalue weighted by Crippen LogP contribution is -2.39. The zero-order valence-corrected chi connectivity index (χ0v) is 12.8. The molecule has 0 unspecified atom stereocenters. The molecule has 0 radical (unpaired) electrons. The van der Waals surface area contributed by atoms with E-state index in [9.17, 15) is 10.1 Å². The fourth-order valence-corrected chi connectivity index (χ4v) is 3.30. The van der Waals surface area contributed by atoms with Crippen molar-refractivity contribution in [3.05, 3.63) is 15.8 Å². The van der Waals surface area contributed by atoms with Crippen molar-refractivity contribution < 1.29 is 9.66 Å². The van der Waals surface area contributed by atoms with E-state index in [1.807, 2.05) is 0 Å². The third-order valence-electron chi connectivity index (χ3n) is 3.79. The SMILES string of the molecule is CSC1(CNc2c([N+](=O)[O-])c(C)nn2C)CCOCC1. The zero-order chi connectivity index (χ0) is 14.8. The molecule has 1 aliphatic rings. The number of nitrogens with zero attached hydrogens (tertiary/aromatic N) is 3. The van der Waals surface area contributed by atoms with Gasteiger partial charge in [0.05, 0.1) is 4.92 Å². The number of nitro groups is 1. The molecule has 0 spiro atoms. The number of rotatable bonds is 5. The molecule has 8 heteroatoms. The average Bonchev–Trinajstić information content (AvgIpc) is 2.72. The summed E-state index contributed by atoms with van der Waals surface area (Å²) in [6.45, 7) is 3.82. The Morgan fingerprint density at radius 2 is 2.20 bits per heavy atom. The molecule has 0 atom stereocenters. The molecule has 0 amide bonds. The molecule has 0 aliphatic carbocycles. The summed E-state index contributed by atoms with van der Waals surface area (Å²) in [4.78, 5) is 10.8. The molecule has 1 fully saturated rings. The van der Waals surface area contributed by atoms with Crippen molar-refractivity contribution in [1.82, 2.24) is 9.78 Å². The molecule has 0 saturated carbocycles. The van der Waals surface area contributed by atoms with E-state index in [-0.39, 0.29) is 15.4 Å². The number of nitrogens with one attached hydrogen (secondary N) is 1. The standard InChI is InChI=1S/C12H20N4O3S/c1-9-10(16(17)18)11(15(2)14-9)13-8-12(20-3)4-6-19-7-5-12/h13H,4-8H2,1-3H3. The van der Waals surface area contributed by atoms with Crippen LogP contribution in [0, 0.1) is 17.0 Å². The Kier molecular flexibility index (Phi) is 4.54. The van der Waals surface area contributed by atoms with Crippen LogP contribution in [-0.4, -0.2) is 45.5 Å². The molecule has 1 N–H and O–H groups in total. The van der Waals surface area contributed by atoms with Gasteiger partial charge >= 0.3 is 5.69 Å². The molecule has 112 valence electrons. The summed E-state index contributed by atoms with van der Waals surface area (Å²) in [5, 5.41) is 18.5. The number of thioether (sulfide) groups is 1. The predicted molar refractivity (Wildman–Crippen MR) is 79.4 cm³/mol. The minimum absolute atomic E-state index is 0.0656. The van der Waals surface area contributed by atoms with Gasteiger partial charge in [-0.3, -0.25) is 10.1 Å². The van der Waals surface area contributed by atoms with Crippen LogP contribution in [0.15, 0.2) is 0 Å². The topological polar surface area (TPSA) is 82.2 Å². The highest BCUT2D eigenvalue weighted by molar-refractivity contribution is 8.00. The van der Waals surface area contributed by atoms with Crippen LogP contribution in [0.3, 0.4) is 0 Å². The highest BCUT2D eigenvalue weighted by Gasteiger charge is 2.33. The Hall–Kier alpha value is -1.28. The van der Waals surface area contributed by atoms with Gasteiger partial charge in [0.2, 0.25) is 5.82 Å². The lowest BCUT2D eigenvalue weighted by atomic mass is 9.99. The molecule has 0 aromatic carbocycles. The summed E-state index contributed by atoms with van der Waals surface area (Å²) >= 11 is 1.80. The summed E-state index contributed by atoms with van der Waals surface area (Å²) in [6.07, 6.45) is 3.98. The number of ether oxygens (including phenoxy) is 1. The first kappa shape index (κ1) is 15.1. The summed E-state index contributed by atoms with van der Waals surface area (Å²) in [5.74, 6) is 0.479. The number of hydrogen-bond acceptors (Lipinski definition) is 6. The molecule has 7 nitrogen and oxygen atoms in total. The molecule has 1 saturated heterocycles. The van der Waals surface area contributed by atoms with Gasteiger partial charge < -0.3 is 10.1 Å². The third kappa shape index (κ3) is 2.90. The maximum absolute atomic E-state index is 11.1. The van der Waals surface area contributed by atoms with E-state index in [1.54, 1.807) is 30.4 Å². The number of anilines is 1. The molecular weight excluding hydrogens is 280 g/mol. The van der Waals surface area contributed by atoms with E-state index < -0.39 is 0 Å². The summed E-state index contributed by atoms with van der Waals surface area (Å²) in [5.41, 5.74) is 0.501. The smallest absolute Gasteiger partial charge is 0.333 e. The third-order valence-corrected chi connectivity index (χ3v) is 5.21. The van der Waals surface area contributed by atoms with E-state index in [2.05, 4.69) is 16.7 Å². The maximum Gasteiger partial charge on any atom is 0.333 e. The average molecular weight is 300 g/mol. The molecule has 0 bridgehead atoms. The highest BCUT2D eigenvalue weighted by Crippen LogP contribution is 2.35. The number of aromatic nitrogens is 2. The lowest BCUT2D eigenvalue weighted by molar-refractivity contribution is -0.384. The monoisotopic (exact) mass is 300 g/mol. The number of aryl methyl sites for hydroxylation is 2. The largest absolute Gasteiger partial charge is 0.381 e. The minimum atomic E-state index is -0.375. The van der Waals surface area contributed by atoms with Crippen LogP contribution in [0.2, 0.25) is 0 Å². The van der Waals surface area contributed by atoms with Crippen molar-refractivity contribution in [1.29, 1.82) is 0 Å². The Balaban J connectivity index is 2.16. The molecule has 20 heavy (non-hydrogen) atoms. The minimum Gasteiger partial charge on any atom is -0.381 e. The Labute approximate surface area is 122 Å². The van der Waals surface area contributed by atoms with E-state index >= 15 is 0 Å². The lowest BCUT2D eigenvalue weighted by Gasteiger charge is -2.35. The van der Waals surface area contributed by atoms with Crippen molar-refractivity contribution in [2.75, 3.05) is 31.3 Å². The van der Waals surface area contributed by atoms with Gasteiger partial charge in [0.1, 0.15) is 5.69 Å². The Morgan fingerprint density at radius 1 is 1.55 bits per heavy atom. The highest BCUT2D eigenvalue weighted by atomic mass is 32.2. The van der Waals surface area contributed by atoms with Crippen LogP contribution >= 0.6 is 11.8 Å². The molecular formula is C12H20N4O3S. The summed E-state index contributed by atoms with van der Waals surface area (Å²) in [7, 11) is 1.72. The van der Waals surface area contributed by atoms with Gasteiger partial charge in [-0.1, -0.05) is 0 Å². The van der Waals surface area contributed by atoms with E-state index in [0.29, 0.717) is 18.1 Å². The van der Waals surface area contributed by atoms with Crippen LogP contribution in [0.4, 0.5) is 11.5 Å². The van der Waals surface area contributed by atoms with Crippen molar-refractivity contribution in [2.45, 2.75) is 24.5 Å². The second kappa shape index (κ2) is 6.01. The first-order chi connectivity index (χ1) is 9.49. The fourth-order valence-electron chi connectivity index (χ4n) is 2.50. The van der Waals surface area contributed by atoms with Crippen molar-refractivity contribution in [2.24, 2.45) is 7.05 Å². The quantitative estimate of drug-likeness (QED) is 0.661. The fraction of sp³-hybridized carbons (Fsp3) is 0.750. The van der Waals surface area contributed by atoms with E-state index in [1.165, 1.54) is 0 Å². The first-order valence-corrected chi connectivity index (χ1v) is 7.76. The first-order valence-electron chi connectivity index (χ1n) is 6.54. The van der Waals surface area contributed by atoms with Crippen molar-refractivity contribution in [3.63, 3.8) is 0 Å². The van der Waals surface area contributed by atoms with Crippen LogP contribution in [0.5, 0.6) is 0 Å². The van der Waals surface area contributed by atoms with Gasteiger partial charge in [-0.15, -0.1) is 0 Å². The second-order valence-electron chi connectivity index (χ2n) is 5.02. The Morgan fingerprint density at radius 3 is 2.75 bits per heavy atom. The van der Waals surface area contributed by atoms with Gasteiger partial charge in [0, 0.05) is 31.6 Å². The predicted octanol–water partition coefficient (Wildman–Crippen LogP) is 1.96. The molecule has 2 rings (SSSR count). The summed E-state index contributed by atoms with van der Waals surface area (Å²) < 4.78 is 7.02. The Bertz CT molecular complexity index is 497. The normalized spacial score (nSPS) is 17.9. The summed E-state index contributed by atoms with van der Waals surface area (Å²) in [6, 6.07) is 0. The zero-order valence-electron chi connectivity index (χ0n) is 12.0. The van der Waals surface area contributed by atoms with Crippen LogP contribution in [-0.2, 0) is 11.8 Å². The van der Waals surface area contributed by atoms with Gasteiger partial charge in [-0.25, -0.2) is 4.68 Å². The molecule has 1 aliphatic heterocycles. The van der Waals surface area contributed by atoms with Gasteiger partial charge in [-0.05, 0) is 26.0 Å². The molecule has 2 heterocycles. The van der Waals surface area contributed by atoms with Crippen LogP contribution in [0.1, 0.15) is 18.5 Å². The van der Waals surface area contributed by atoms with Gasteiger partial charge in [0.15, 0.2) is 0 Å². The molecule has 1 aromatic rings. The maximum atomic E-state index is 11.1. The van der Waals surface area contributed by atoms with Crippen LogP contribution in [0.25, 0.3) is 0 Å². The van der Waals surface area contributed by atoms with E-state index in [4.69, 9.17) is 4.74 Å².